The summed E-state index contributed by atoms with van der Waals surface area (Å²) in [7, 11) is 0. The number of carbonyl (C=O) groups is 6. The summed E-state index contributed by atoms with van der Waals surface area (Å²) in [6.07, 6.45) is -13.4. The summed E-state index contributed by atoms with van der Waals surface area (Å²) in [5.74, 6) is -5.40. The molecule has 2 aliphatic rings. The predicted octanol–water partition coefficient (Wildman–Crippen LogP) is -6.92. The SMILES string of the molecule is CC(=O)NC1C(OC2C(CO)OC(O)C(N)C2OC(C)C(=O)NC(C)C(=O)NC(CCC(=O)NC(CCCCN)C(=O)O)C(N)=O)OC(CO)C(O)C1O. The highest BCUT2D eigenvalue weighted by Gasteiger charge is 2.51. The first-order valence-electron chi connectivity index (χ1n) is 17.4. The van der Waals surface area contributed by atoms with Crippen LogP contribution in [0.25, 0.3) is 0 Å². The Balaban J connectivity index is 2.11. The summed E-state index contributed by atoms with van der Waals surface area (Å²) in [4.78, 5) is 74.0. The fraction of sp³-hybridized carbons (Fsp3) is 0.806. The number of rotatable bonds is 21. The van der Waals surface area contributed by atoms with Gasteiger partial charge in [-0.25, -0.2) is 4.79 Å². The molecule has 310 valence electrons. The Morgan fingerprint density at radius 2 is 1.48 bits per heavy atom. The number of unbranched alkanes of at least 4 members (excludes halogenated alkanes) is 1. The highest BCUT2D eigenvalue weighted by molar-refractivity contribution is 5.92. The molecule has 2 rings (SSSR count). The van der Waals surface area contributed by atoms with Crippen molar-refractivity contribution in [1.29, 1.82) is 0 Å². The van der Waals surface area contributed by atoms with E-state index in [1.807, 2.05) is 0 Å². The molecule has 14 atom stereocenters. The number of hydrogen-bond acceptors (Lipinski definition) is 17. The molecule has 2 saturated heterocycles. The maximum Gasteiger partial charge on any atom is 0.326 e. The van der Waals surface area contributed by atoms with Crippen molar-refractivity contribution in [3.63, 3.8) is 0 Å². The number of aliphatic hydroxyl groups excluding tert-OH is 5. The maximum atomic E-state index is 13.2. The van der Waals surface area contributed by atoms with E-state index in [1.165, 1.54) is 13.8 Å². The molecule has 2 fully saturated rings. The van der Waals surface area contributed by atoms with Crippen molar-refractivity contribution >= 4 is 35.5 Å². The summed E-state index contributed by atoms with van der Waals surface area (Å²) in [5.41, 5.74) is 17.0. The number of nitrogens with two attached hydrogens (primary N) is 3. The first kappa shape index (κ1) is 46.5. The smallest absolute Gasteiger partial charge is 0.326 e. The number of amides is 5. The Morgan fingerprint density at radius 3 is 2.04 bits per heavy atom. The molecular weight excluding hydrogens is 726 g/mol. The third-order valence-corrected chi connectivity index (χ3v) is 8.82. The molecule has 2 heterocycles. The van der Waals surface area contributed by atoms with Gasteiger partial charge in [0.1, 0.15) is 66.9 Å². The van der Waals surface area contributed by atoms with Gasteiger partial charge in [0.15, 0.2) is 12.6 Å². The second-order valence-corrected chi connectivity index (χ2v) is 13.1. The largest absolute Gasteiger partial charge is 0.480 e. The number of carbonyl (C=O) groups excluding carboxylic acids is 5. The van der Waals surface area contributed by atoms with Crippen LogP contribution in [0.5, 0.6) is 0 Å². The van der Waals surface area contributed by atoms with E-state index >= 15 is 0 Å². The molecule has 0 saturated carbocycles. The Kier molecular flexibility index (Phi) is 19.0. The molecule has 54 heavy (non-hydrogen) atoms. The van der Waals surface area contributed by atoms with Crippen molar-refractivity contribution in [1.82, 2.24) is 21.3 Å². The maximum absolute atomic E-state index is 13.2. The number of aliphatic hydroxyl groups is 5. The van der Waals surface area contributed by atoms with Gasteiger partial charge in [-0.15, -0.1) is 0 Å². The van der Waals surface area contributed by atoms with Crippen molar-refractivity contribution in [2.24, 2.45) is 17.2 Å². The molecule has 14 unspecified atom stereocenters. The lowest BCUT2D eigenvalue weighted by Crippen LogP contribution is -2.69. The van der Waals surface area contributed by atoms with E-state index in [9.17, 15) is 59.4 Å². The predicted molar refractivity (Wildman–Crippen MR) is 181 cm³/mol. The molecule has 0 aromatic carbocycles. The minimum Gasteiger partial charge on any atom is -0.480 e. The lowest BCUT2D eigenvalue weighted by molar-refractivity contribution is -0.331. The van der Waals surface area contributed by atoms with Gasteiger partial charge in [0, 0.05) is 13.3 Å². The van der Waals surface area contributed by atoms with E-state index in [0.717, 1.165) is 6.92 Å². The summed E-state index contributed by atoms with van der Waals surface area (Å²) >= 11 is 0. The van der Waals surface area contributed by atoms with E-state index in [0.29, 0.717) is 19.4 Å². The van der Waals surface area contributed by atoms with Crippen molar-refractivity contribution in [3.05, 3.63) is 0 Å². The van der Waals surface area contributed by atoms with E-state index in [4.69, 9.17) is 36.1 Å². The highest BCUT2D eigenvalue weighted by Crippen LogP contribution is 2.30. The molecule has 5 amide bonds. The first-order valence-corrected chi connectivity index (χ1v) is 17.4. The molecule has 2 aliphatic heterocycles. The van der Waals surface area contributed by atoms with Gasteiger partial charge in [-0.2, -0.15) is 0 Å². The van der Waals surface area contributed by atoms with Gasteiger partial charge in [0.05, 0.1) is 19.3 Å². The quantitative estimate of drug-likeness (QED) is 0.0481. The number of hydrogen-bond donors (Lipinski definition) is 13. The van der Waals surface area contributed by atoms with Crippen LogP contribution < -0.4 is 38.5 Å². The van der Waals surface area contributed by atoms with Crippen LogP contribution in [0.2, 0.25) is 0 Å². The van der Waals surface area contributed by atoms with Crippen LogP contribution in [0.3, 0.4) is 0 Å². The fourth-order valence-electron chi connectivity index (χ4n) is 5.73. The zero-order valence-corrected chi connectivity index (χ0v) is 30.2. The number of nitrogens with one attached hydrogen (secondary N) is 4. The molecule has 0 aromatic heterocycles. The van der Waals surface area contributed by atoms with Gasteiger partial charge in [0.2, 0.25) is 29.5 Å². The van der Waals surface area contributed by atoms with Crippen LogP contribution in [-0.4, -0.2) is 171 Å². The summed E-state index contributed by atoms with van der Waals surface area (Å²) in [6, 6.07) is -6.73. The first-order chi connectivity index (χ1) is 25.4. The molecule has 0 aliphatic carbocycles. The highest BCUT2D eigenvalue weighted by atomic mass is 16.7. The molecular formula is C31H55N7O16. The number of aliphatic carboxylic acids is 1. The van der Waals surface area contributed by atoms with Gasteiger partial charge >= 0.3 is 5.97 Å². The Morgan fingerprint density at radius 1 is 0.833 bits per heavy atom. The Bertz CT molecular complexity index is 1280. The van der Waals surface area contributed by atoms with Crippen molar-refractivity contribution in [2.45, 2.75) is 138 Å². The van der Waals surface area contributed by atoms with Crippen LogP contribution in [-0.2, 0) is 47.7 Å². The Labute approximate surface area is 310 Å². The average molecular weight is 782 g/mol. The zero-order valence-electron chi connectivity index (χ0n) is 30.2. The second kappa shape index (κ2) is 22.1. The normalized spacial score (nSPS) is 30.6. The van der Waals surface area contributed by atoms with E-state index in [1.54, 1.807) is 0 Å². The van der Waals surface area contributed by atoms with Gasteiger partial charge in [-0.05, 0) is 46.1 Å². The average Bonchev–Trinajstić information content (AvgIpc) is 3.11. The lowest BCUT2D eigenvalue weighted by atomic mass is 9.94. The van der Waals surface area contributed by atoms with Crippen molar-refractivity contribution in [2.75, 3.05) is 19.8 Å². The summed E-state index contributed by atoms with van der Waals surface area (Å²) in [6.45, 7) is 2.42. The van der Waals surface area contributed by atoms with Gasteiger partial charge in [0.25, 0.3) is 0 Å². The van der Waals surface area contributed by atoms with Crippen molar-refractivity contribution < 1.29 is 78.4 Å². The molecule has 23 heteroatoms. The number of ether oxygens (including phenoxy) is 4. The topological polar surface area (TPSA) is 387 Å². The van der Waals surface area contributed by atoms with E-state index in [-0.39, 0.29) is 19.3 Å². The fourth-order valence-corrected chi connectivity index (χ4v) is 5.73. The minimum absolute atomic E-state index is 0.137. The zero-order chi connectivity index (χ0) is 40.9. The van der Waals surface area contributed by atoms with Crippen LogP contribution in [0.15, 0.2) is 0 Å². The molecule has 23 nitrogen and oxygen atoms in total. The van der Waals surface area contributed by atoms with Gasteiger partial charge < -0.3 is 88.1 Å². The summed E-state index contributed by atoms with van der Waals surface area (Å²) < 4.78 is 22.8. The molecule has 0 aromatic rings. The third-order valence-electron chi connectivity index (χ3n) is 8.82. The monoisotopic (exact) mass is 781 g/mol. The molecule has 16 N–H and O–H groups in total. The minimum atomic E-state index is -1.75. The number of carboxylic acid groups (broad SMARTS) is 1. The van der Waals surface area contributed by atoms with Gasteiger partial charge in [-0.1, -0.05) is 0 Å². The van der Waals surface area contributed by atoms with Crippen LogP contribution in [0.1, 0.15) is 52.9 Å². The van der Waals surface area contributed by atoms with E-state index in [2.05, 4.69) is 21.3 Å². The van der Waals surface area contributed by atoms with Crippen LogP contribution in [0, 0.1) is 0 Å². The number of carboxylic acids is 1. The van der Waals surface area contributed by atoms with Crippen LogP contribution >= 0.6 is 0 Å². The second-order valence-electron chi connectivity index (χ2n) is 13.1. The molecule has 0 bridgehead atoms. The third kappa shape index (κ3) is 13.3. The molecule has 0 radical (unpaired) electrons. The lowest BCUT2D eigenvalue weighted by Gasteiger charge is -2.48. The van der Waals surface area contributed by atoms with Crippen LogP contribution in [0.4, 0.5) is 0 Å². The van der Waals surface area contributed by atoms with Crippen molar-refractivity contribution in [3.8, 4) is 0 Å². The Hall–Kier alpha value is -3.62. The molecule has 0 spiro atoms. The number of primary amides is 1. The summed E-state index contributed by atoms with van der Waals surface area (Å²) in [5, 5.41) is 70.0. The van der Waals surface area contributed by atoms with Gasteiger partial charge in [-0.3, -0.25) is 24.0 Å². The standard InChI is InChI=1S/C31H55N7O16/c1-12(27(46)38-15(26(34)45)7-8-19(42)37-16(29(48)49)6-4-5-9-32)35-28(47)13(2)51-25-20(33)30(50)52-18(11-40)24(25)54-31-21(36-14(3)41)23(44)22(43)17(10-39)53-31/h12-13,15-18,20-25,30-31,39-40,43-44,50H,4-11,32-33H2,1-3H3,(H2,34,45)(H,35,47)(H,36,41)(H,37,42)(H,38,46)(H,48,49). The van der Waals surface area contributed by atoms with E-state index < -0.39 is 134 Å².